The van der Waals surface area contributed by atoms with Gasteiger partial charge < -0.3 is 25.6 Å². The molecule has 1 aliphatic carbocycles. The monoisotopic (exact) mass is 454 g/mol. The van der Waals surface area contributed by atoms with E-state index in [4.69, 9.17) is 15.2 Å². The number of phenols is 1. The summed E-state index contributed by atoms with van der Waals surface area (Å²) in [5, 5.41) is 13.5. The van der Waals surface area contributed by atoms with Gasteiger partial charge in [-0.25, -0.2) is 14.4 Å². The Kier molecular flexibility index (Phi) is 6.48. The van der Waals surface area contributed by atoms with Gasteiger partial charge in [-0.2, -0.15) is 0 Å². The molecule has 3 aromatic rings. The van der Waals surface area contributed by atoms with Crippen molar-refractivity contribution in [3.63, 3.8) is 0 Å². The molecule has 0 saturated heterocycles. The van der Waals surface area contributed by atoms with Gasteiger partial charge in [0, 0.05) is 22.9 Å². The van der Waals surface area contributed by atoms with E-state index < -0.39 is 17.8 Å². The zero-order valence-electron chi connectivity index (χ0n) is 18.6. The fraction of sp³-hybridized carbons (Fsp3) is 0.375. The van der Waals surface area contributed by atoms with Crippen molar-refractivity contribution in [1.29, 1.82) is 0 Å². The zero-order valence-corrected chi connectivity index (χ0v) is 18.6. The molecule has 4 rings (SSSR count). The second-order valence-electron chi connectivity index (χ2n) is 8.27. The topological polar surface area (TPSA) is 120 Å². The Bertz CT molecular complexity index is 1180. The first kappa shape index (κ1) is 22.6. The van der Waals surface area contributed by atoms with Crippen LogP contribution in [0.25, 0.3) is 10.9 Å². The highest BCUT2D eigenvalue weighted by Crippen LogP contribution is 2.38. The lowest BCUT2D eigenvalue weighted by molar-refractivity contribution is -0.127. The Morgan fingerprint density at radius 1 is 1.21 bits per heavy atom. The minimum absolute atomic E-state index is 0.0364. The van der Waals surface area contributed by atoms with Gasteiger partial charge >= 0.3 is 0 Å². The molecule has 1 atom stereocenters. The number of halogens is 1. The molecule has 174 valence electrons. The number of anilines is 2. The maximum Gasteiger partial charge on any atom is 0.258 e. The molecule has 8 nitrogen and oxygen atoms in total. The fourth-order valence-corrected chi connectivity index (χ4v) is 4.32. The molecular formula is C24H27FN4O4. The lowest BCUT2D eigenvalue weighted by Gasteiger charge is -2.29. The van der Waals surface area contributed by atoms with E-state index in [-0.39, 0.29) is 17.4 Å². The number of nitrogens with zero attached hydrogens (tertiary/aromatic N) is 2. The number of primary amides is 1. The number of hydrogen-bond donors (Lipinski definition) is 3. The second kappa shape index (κ2) is 9.48. The van der Waals surface area contributed by atoms with E-state index in [1.54, 1.807) is 19.1 Å². The molecule has 1 aromatic heterocycles. The number of aromatic hydroxyl groups is 1. The van der Waals surface area contributed by atoms with E-state index in [9.17, 15) is 14.3 Å². The number of phenolic OH excluding ortho intramolecular Hbond substituents is 1. The lowest BCUT2D eigenvalue weighted by atomic mass is 9.85. The van der Waals surface area contributed by atoms with Crippen molar-refractivity contribution in [2.45, 2.75) is 45.1 Å². The molecule has 1 saturated carbocycles. The average molecular weight is 455 g/mol. The third-order valence-corrected chi connectivity index (χ3v) is 6.16. The summed E-state index contributed by atoms with van der Waals surface area (Å²) in [5.74, 6) is 0.0295. The number of nitrogens with two attached hydrogens (primary N) is 1. The van der Waals surface area contributed by atoms with Gasteiger partial charge in [0.15, 0.2) is 17.6 Å². The lowest BCUT2D eigenvalue weighted by Crippen LogP contribution is -2.41. The van der Waals surface area contributed by atoms with E-state index in [0.29, 0.717) is 33.8 Å². The first-order valence-corrected chi connectivity index (χ1v) is 10.9. The van der Waals surface area contributed by atoms with E-state index in [2.05, 4.69) is 15.3 Å². The van der Waals surface area contributed by atoms with Crippen LogP contribution in [-0.2, 0) is 4.79 Å². The zero-order chi connectivity index (χ0) is 23.5. The highest BCUT2D eigenvalue weighted by atomic mass is 19.1. The third-order valence-electron chi connectivity index (χ3n) is 6.16. The van der Waals surface area contributed by atoms with Crippen LogP contribution in [0.5, 0.6) is 17.2 Å². The predicted molar refractivity (Wildman–Crippen MR) is 122 cm³/mol. The Balaban J connectivity index is 1.71. The van der Waals surface area contributed by atoms with Gasteiger partial charge in [-0.15, -0.1) is 0 Å². The Morgan fingerprint density at radius 2 is 1.97 bits per heavy atom. The van der Waals surface area contributed by atoms with Crippen LogP contribution < -0.4 is 20.5 Å². The molecule has 1 amide bonds. The molecule has 1 fully saturated rings. The summed E-state index contributed by atoms with van der Waals surface area (Å²) in [4.78, 5) is 20.7. The minimum Gasteiger partial charge on any atom is -0.508 e. The van der Waals surface area contributed by atoms with Crippen molar-refractivity contribution in [2.75, 3.05) is 12.4 Å². The first-order valence-electron chi connectivity index (χ1n) is 10.9. The summed E-state index contributed by atoms with van der Waals surface area (Å²) in [5.41, 5.74) is 6.65. The number of aromatic nitrogens is 2. The van der Waals surface area contributed by atoms with Gasteiger partial charge in [0.1, 0.15) is 23.7 Å². The van der Waals surface area contributed by atoms with Gasteiger partial charge in [0.2, 0.25) is 0 Å². The van der Waals surface area contributed by atoms with Gasteiger partial charge in [0.05, 0.1) is 18.3 Å². The second-order valence-corrected chi connectivity index (χ2v) is 8.27. The highest BCUT2D eigenvalue weighted by Gasteiger charge is 2.31. The largest absolute Gasteiger partial charge is 0.508 e. The fourth-order valence-electron chi connectivity index (χ4n) is 4.32. The molecule has 2 aromatic carbocycles. The molecule has 0 aliphatic heterocycles. The number of ether oxygens (including phenoxy) is 2. The number of benzene rings is 2. The molecule has 4 N–H and O–H groups in total. The molecule has 9 heteroatoms. The maximum atomic E-state index is 14.4. The Hall–Kier alpha value is -3.62. The van der Waals surface area contributed by atoms with Crippen molar-refractivity contribution in [1.82, 2.24) is 9.97 Å². The predicted octanol–water partition coefficient (Wildman–Crippen LogP) is 4.35. The number of fused-ring (bicyclic) bond motifs is 1. The summed E-state index contributed by atoms with van der Waals surface area (Å²) in [7, 11) is 1.49. The summed E-state index contributed by atoms with van der Waals surface area (Å²) >= 11 is 0. The Morgan fingerprint density at radius 3 is 2.67 bits per heavy atom. The minimum atomic E-state index is -0.764. The smallest absolute Gasteiger partial charge is 0.258 e. The number of rotatable bonds is 7. The van der Waals surface area contributed by atoms with E-state index in [0.717, 1.165) is 32.1 Å². The number of amides is 1. The number of carbonyl (C=O) groups excluding carboxylic acids is 1. The van der Waals surface area contributed by atoms with Gasteiger partial charge in [-0.3, -0.25) is 4.79 Å². The van der Waals surface area contributed by atoms with Crippen LogP contribution in [0, 0.1) is 18.7 Å². The van der Waals surface area contributed by atoms with Crippen LogP contribution in [0.15, 0.2) is 30.6 Å². The van der Waals surface area contributed by atoms with Crippen LogP contribution in [0.2, 0.25) is 0 Å². The number of hydrogen-bond acceptors (Lipinski definition) is 7. The van der Waals surface area contributed by atoms with Gasteiger partial charge in [-0.05, 0) is 38.0 Å². The maximum absolute atomic E-state index is 14.4. The molecular weight excluding hydrogens is 427 g/mol. The number of methoxy groups -OCH3 is 1. The third kappa shape index (κ3) is 4.62. The van der Waals surface area contributed by atoms with Crippen LogP contribution in [0.1, 0.15) is 37.7 Å². The van der Waals surface area contributed by atoms with Gasteiger partial charge in [-0.1, -0.05) is 19.3 Å². The standard InChI is InChI=1S/C24H27FN4O4/c1-13-18(30)9-8-16(25)21(13)29-24-15-10-19(32-2)20(11-17(15)27-12-28-24)33-22(23(26)31)14-6-4-3-5-7-14/h8-12,14,22,30H,3-7H2,1-2H3,(H2,26,31)(H,27,28,29). The van der Waals surface area contributed by atoms with E-state index in [1.165, 1.54) is 25.6 Å². The molecule has 33 heavy (non-hydrogen) atoms. The van der Waals surface area contributed by atoms with Crippen molar-refractivity contribution in [2.24, 2.45) is 11.7 Å². The highest BCUT2D eigenvalue weighted by molar-refractivity contribution is 5.93. The normalized spacial score (nSPS) is 15.2. The van der Waals surface area contributed by atoms with E-state index in [1.807, 2.05) is 0 Å². The molecule has 0 radical (unpaired) electrons. The van der Waals surface area contributed by atoms with Gasteiger partial charge in [0.25, 0.3) is 5.91 Å². The molecule has 0 bridgehead atoms. The summed E-state index contributed by atoms with van der Waals surface area (Å²) < 4.78 is 26.0. The molecule has 1 aliphatic rings. The van der Waals surface area contributed by atoms with Crippen LogP contribution in [0.4, 0.5) is 15.9 Å². The number of nitrogens with one attached hydrogen (secondary N) is 1. The first-order chi connectivity index (χ1) is 15.9. The van der Waals surface area contributed by atoms with Crippen LogP contribution >= 0.6 is 0 Å². The summed E-state index contributed by atoms with van der Waals surface area (Å²) in [6.45, 7) is 1.60. The molecule has 1 unspecified atom stereocenters. The number of carbonyl (C=O) groups is 1. The average Bonchev–Trinajstić information content (AvgIpc) is 2.82. The Labute approximate surface area is 190 Å². The summed E-state index contributed by atoms with van der Waals surface area (Å²) in [6.07, 6.45) is 5.57. The summed E-state index contributed by atoms with van der Waals surface area (Å²) in [6, 6.07) is 5.80. The van der Waals surface area contributed by atoms with Crippen molar-refractivity contribution in [3.05, 3.63) is 42.0 Å². The SMILES string of the molecule is COc1cc2c(Nc3c(F)ccc(O)c3C)ncnc2cc1OC(C(N)=O)C1CCCCC1. The molecule has 1 heterocycles. The van der Waals surface area contributed by atoms with Crippen LogP contribution in [-0.4, -0.2) is 34.2 Å². The van der Waals surface area contributed by atoms with Crippen molar-refractivity contribution < 1.29 is 23.8 Å². The van der Waals surface area contributed by atoms with Crippen molar-refractivity contribution in [3.8, 4) is 17.2 Å². The van der Waals surface area contributed by atoms with Crippen LogP contribution in [0.3, 0.4) is 0 Å². The van der Waals surface area contributed by atoms with Crippen molar-refractivity contribution >= 4 is 28.3 Å². The molecule has 0 spiro atoms. The quantitative estimate of drug-likeness (QED) is 0.485. The van der Waals surface area contributed by atoms with E-state index >= 15 is 0 Å².